The summed E-state index contributed by atoms with van der Waals surface area (Å²) in [6.45, 7) is 1.93. The van der Waals surface area contributed by atoms with Crippen molar-refractivity contribution < 1.29 is 4.42 Å². The molecule has 1 atom stereocenters. The monoisotopic (exact) mass is 221 g/mol. The quantitative estimate of drug-likeness (QED) is 0.819. The molecule has 6 nitrogen and oxygen atoms in total. The minimum absolute atomic E-state index is 0.0814. The van der Waals surface area contributed by atoms with Gasteiger partial charge >= 0.3 is 0 Å². The number of nitrogens with zero attached hydrogens (tertiary/aromatic N) is 4. The number of aromatic nitrogens is 4. The summed E-state index contributed by atoms with van der Waals surface area (Å²) in [5, 5.41) is 15.1. The van der Waals surface area contributed by atoms with Crippen molar-refractivity contribution in [2.24, 2.45) is 7.05 Å². The normalized spacial score (nSPS) is 12.9. The molecule has 0 saturated carbocycles. The van der Waals surface area contributed by atoms with E-state index in [4.69, 9.17) is 4.42 Å². The van der Waals surface area contributed by atoms with Crippen molar-refractivity contribution in [1.29, 1.82) is 0 Å². The summed E-state index contributed by atoms with van der Waals surface area (Å²) in [4.78, 5) is 1.45. The van der Waals surface area contributed by atoms with E-state index in [1.54, 1.807) is 7.05 Å². The van der Waals surface area contributed by atoms with Crippen LogP contribution in [0.3, 0.4) is 0 Å². The lowest BCUT2D eigenvalue weighted by molar-refractivity contribution is 0.410. The zero-order chi connectivity index (χ0) is 11.5. The van der Waals surface area contributed by atoms with Crippen molar-refractivity contribution in [2.45, 2.75) is 19.4 Å². The summed E-state index contributed by atoms with van der Waals surface area (Å²) in [6, 6.07) is 3.99. The number of tetrazole rings is 1. The largest absolute Gasteiger partial charge is 0.465 e. The van der Waals surface area contributed by atoms with Gasteiger partial charge in [0.25, 0.3) is 0 Å². The van der Waals surface area contributed by atoms with E-state index < -0.39 is 0 Å². The Balaban J connectivity index is 2.12. The van der Waals surface area contributed by atoms with E-state index in [0.29, 0.717) is 12.2 Å². The third-order valence-corrected chi connectivity index (χ3v) is 2.39. The Bertz CT molecular complexity index is 461. The average molecular weight is 221 g/mol. The summed E-state index contributed by atoms with van der Waals surface area (Å²) in [5.74, 6) is 2.51. The predicted molar refractivity (Wildman–Crippen MR) is 57.7 cm³/mol. The first kappa shape index (κ1) is 10.8. The number of aryl methyl sites for hydroxylation is 2. The lowest BCUT2D eigenvalue weighted by Gasteiger charge is -2.10. The van der Waals surface area contributed by atoms with E-state index in [0.717, 1.165) is 11.5 Å². The molecule has 0 aliphatic carbocycles. The fourth-order valence-electron chi connectivity index (χ4n) is 1.57. The molecule has 6 heteroatoms. The highest BCUT2D eigenvalue weighted by molar-refractivity contribution is 5.11. The zero-order valence-electron chi connectivity index (χ0n) is 9.64. The summed E-state index contributed by atoms with van der Waals surface area (Å²) < 4.78 is 5.57. The van der Waals surface area contributed by atoms with Crippen LogP contribution in [0, 0.1) is 6.92 Å². The highest BCUT2D eigenvalue weighted by Gasteiger charge is 2.16. The van der Waals surface area contributed by atoms with Crippen LogP contribution in [0.15, 0.2) is 16.5 Å². The minimum Gasteiger partial charge on any atom is -0.465 e. The van der Waals surface area contributed by atoms with Crippen molar-refractivity contribution in [3.63, 3.8) is 0 Å². The summed E-state index contributed by atoms with van der Waals surface area (Å²) in [6.07, 6.45) is 0.664. The van der Waals surface area contributed by atoms with E-state index in [-0.39, 0.29) is 6.04 Å². The predicted octanol–water partition coefficient (Wildman–Crippen LogP) is 0.615. The molecule has 2 heterocycles. The van der Waals surface area contributed by atoms with Crippen LogP contribution >= 0.6 is 0 Å². The van der Waals surface area contributed by atoms with Crippen LogP contribution in [0.25, 0.3) is 0 Å². The molecular formula is C10H15N5O. The summed E-state index contributed by atoms with van der Waals surface area (Å²) >= 11 is 0. The van der Waals surface area contributed by atoms with E-state index >= 15 is 0 Å². The molecule has 0 aliphatic heterocycles. The third-order valence-electron chi connectivity index (χ3n) is 2.39. The lowest BCUT2D eigenvalue weighted by atomic mass is 10.1. The van der Waals surface area contributed by atoms with Crippen molar-refractivity contribution in [3.05, 3.63) is 29.5 Å². The topological polar surface area (TPSA) is 68.8 Å². The molecule has 2 aromatic rings. The van der Waals surface area contributed by atoms with Crippen molar-refractivity contribution >= 4 is 0 Å². The van der Waals surface area contributed by atoms with Gasteiger partial charge in [-0.1, -0.05) is 0 Å². The second-order valence-corrected chi connectivity index (χ2v) is 3.69. The Labute approximate surface area is 93.6 Å². The molecule has 2 rings (SSSR count). The van der Waals surface area contributed by atoms with E-state index in [1.807, 2.05) is 26.1 Å². The van der Waals surface area contributed by atoms with Gasteiger partial charge in [-0.25, -0.2) is 0 Å². The minimum atomic E-state index is 0.0814. The molecule has 0 fully saturated rings. The van der Waals surface area contributed by atoms with Crippen LogP contribution in [-0.4, -0.2) is 27.3 Å². The highest BCUT2D eigenvalue weighted by atomic mass is 16.3. The first-order chi connectivity index (χ1) is 7.69. The SMILES string of the molecule is CNC(Cc1nnn(C)n1)c1ccc(C)o1. The van der Waals surface area contributed by atoms with Crippen LogP contribution in [0.4, 0.5) is 0 Å². The smallest absolute Gasteiger partial charge is 0.176 e. The van der Waals surface area contributed by atoms with Crippen LogP contribution in [0.5, 0.6) is 0 Å². The van der Waals surface area contributed by atoms with Gasteiger partial charge in [0.05, 0.1) is 13.1 Å². The third kappa shape index (κ3) is 2.27. The molecular weight excluding hydrogens is 206 g/mol. The van der Waals surface area contributed by atoms with Crippen molar-refractivity contribution in [1.82, 2.24) is 25.5 Å². The molecule has 0 radical (unpaired) electrons. The number of nitrogens with one attached hydrogen (secondary N) is 1. The van der Waals surface area contributed by atoms with Gasteiger partial charge in [-0.15, -0.1) is 10.2 Å². The molecule has 0 spiro atoms. The Morgan fingerprint density at radius 1 is 1.50 bits per heavy atom. The molecule has 0 aliphatic rings. The Hall–Kier alpha value is -1.69. The van der Waals surface area contributed by atoms with Crippen LogP contribution in [0.1, 0.15) is 23.4 Å². The van der Waals surface area contributed by atoms with Gasteiger partial charge in [0.1, 0.15) is 11.5 Å². The highest BCUT2D eigenvalue weighted by Crippen LogP contribution is 2.18. The Kier molecular flexibility index (Phi) is 3.00. The number of furan rings is 1. The fourth-order valence-corrected chi connectivity index (χ4v) is 1.57. The van der Waals surface area contributed by atoms with Crippen LogP contribution in [-0.2, 0) is 13.5 Å². The first-order valence-corrected chi connectivity index (χ1v) is 5.15. The fraction of sp³-hybridized carbons (Fsp3) is 0.500. The van der Waals surface area contributed by atoms with E-state index in [2.05, 4.69) is 20.7 Å². The standard InChI is InChI=1S/C10H15N5O/c1-7-4-5-9(16-7)8(11-2)6-10-12-14-15(3)13-10/h4-5,8,11H,6H2,1-3H3. The second kappa shape index (κ2) is 4.44. The molecule has 0 bridgehead atoms. The maximum atomic E-state index is 5.57. The number of hydrogen-bond donors (Lipinski definition) is 1. The van der Waals surface area contributed by atoms with Crippen molar-refractivity contribution in [2.75, 3.05) is 7.05 Å². The maximum Gasteiger partial charge on any atom is 0.176 e. The second-order valence-electron chi connectivity index (χ2n) is 3.69. The lowest BCUT2D eigenvalue weighted by Crippen LogP contribution is -2.19. The number of likely N-dealkylation sites (N-methyl/N-ethyl adjacent to an activating group) is 1. The molecule has 1 N–H and O–H groups in total. The van der Waals surface area contributed by atoms with Crippen LogP contribution in [0.2, 0.25) is 0 Å². The molecule has 0 saturated heterocycles. The molecule has 2 aromatic heterocycles. The van der Waals surface area contributed by atoms with Gasteiger partial charge in [-0.2, -0.15) is 4.80 Å². The number of rotatable bonds is 4. The average Bonchev–Trinajstić information content (AvgIpc) is 2.84. The van der Waals surface area contributed by atoms with Gasteiger partial charge in [0.2, 0.25) is 0 Å². The van der Waals surface area contributed by atoms with E-state index in [9.17, 15) is 0 Å². The van der Waals surface area contributed by atoms with Gasteiger partial charge in [-0.3, -0.25) is 0 Å². The zero-order valence-corrected chi connectivity index (χ0v) is 9.64. The Morgan fingerprint density at radius 3 is 2.81 bits per heavy atom. The molecule has 16 heavy (non-hydrogen) atoms. The maximum absolute atomic E-state index is 5.57. The molecule has 86 valence electrons. The number of hydrogen-bond acceptors (Lipinski definition) is 5. The van der Waals surface area contributed by atoms with Gasteiger partial charge in [0, 0.05) is 6.42 Å². The van der Waals surface area contributed by atoms with Gasteiger partial charge in [-0.05, 0) is 31.3 Å². The summed E-state index contributed by atoms with van der Waals surface area (Å²) in [5.41, 5.74) is 0. The van der Waals surface area contributed by atoms with Gasteiger partial charge < -0.3 is 9.73 Å². The molecule has 0 aromatic carbocycles. The molecule has 1 unspecified atom stereocenters. The molecule has 0 amide bonds. The Morgan fingerprint density at radius 2 is 2.31 bits per heavy atom. The first-order valence-electron chi connectivity index (χ1n) is 5.15. The van der Waals surface area contributed by atoms with E-state index in [1.165, 1.54) is 4.80 Å². The summed E-state index contributed by atoms with van der Waals surface area (Å²) in [7, 11) is 3.64. The van der Waals surface area contributed by atoms with Gasteiger partial charge in [0.15, 0.2) is 5.82 Å². The van der Waals surface area contributed by atoms with Crippen molar-refractivity contribution in [3.8, 4) is 0 Å². The van der Waals surface area contributed by atoms with Crippen LogP contribution < -0.4 is 5.32 Å².